The molecule has 1 spiro atoms. The summed E-state index contributed by atoms with van der Waals surface area (Å²) in [5.41, 5.74) is 0.174. The van der Waals surface area contributed by atoms with E-state index in [9.17, 15) is 0 Å². The summed E-state index contributed by atoms with van der Waals surface area (Å²) in [5, 5.41) is 0. The average molecular weight is 268 g/mol. The summed E-state index contributed by atoms with van der Waals surface area (Å²) >= 11 is 0. The minimum absolute atomic E-state index is 0.174. The van der Waals surface area contributed by atoms with Crippen LogP contribution >= 0.6 is 0 Å². The van der Waals surface area contributed by atoms with Crippen molar-refractivity contribution in [2.24, 2.45) is 0 Å². The number of hydrogen-bond donors (Lipinski definition) is 0. The van der Waals surface area contributed by atoms with E-state index >= 15 is 0 Å². The van der Waals surface area contributed by atoms with Crippen LogP contribution in [-0.4, -0.2) is 74.0 Å². The third-order valence-electron chi connectivity index (χ3n) is 5.29. The van der Waals surface area contributed by atoms with Crippen LogP contribution < -0.4 is 0 Å². The second kappa shape index (κ2) is 5.68. The van der Waals surface area contributed by atoms with Gasteiger partial charge in [-0.3, -0.25) is 4.90 Å². The molecule has 19 heavy (non-hydrogen) atoms. The summed E-state index contributed by atoms with van der Waals surface area (Å²) in [6.45, 7) is 8.61. The number of likely N-dealkylation sites (tertiary alicyclic amines) is 1. The predicted octanol–water partition coefficient (Wildman–Crippen LogP) is 1.35. The number of piperidine rings is 1. The van der Waals surface area contributed by atoms with Crippen molar-refractivity contribution in [1.29, 1.82) is 0 Å². The summed E-state index contributed by atoms with van der Waals surface area (Å²) in [4.78, 5) is 5.10. The first kappa shape index (κ1) is 13.8. The van der Waals surface area contributed by atoms with Crippen molar-refractivity contribution in [1.82, 2.24) is 9.80 Å². The monoisotopic (exact) mass is 268 g/mol. The first-order valence-electron chi connectivity index (χ1n) is 7.88. The molecular formula is C15H28N2O2. The Morgan fingerprint density at radius 2 is 1.95 bits per heavy atom. The fourth-order valence-corrected chi connectivity index (χ4v) is 3.89. The molecule has 0 aliphatic carbocycles. The average Bonchev–Trinajstić information content (AvgIpc) is 2.38. The van der Waals surface area contributed by atoms with Crippen molar-refractivity contribution in [2.75, 3.05) is 46.5 Å². The minimum atomic E-state index is 0.174. The molecule has 0 saturated carbocycles. The van der Waals surface area contributed by atoms with Crippen LogP contribution in [0.2, 0.25) is 0 Å². The van der Waals surface area contributed by atoms with Crippen LogP contribution in [0.1, 0.15) is 32.6 Å². The number of nitrogens with zero attached hydrogens (tertiary/aromatic N) is 2. The van der Waals surface area contributed by atoms with Crippen LogP contribution in [0.5, 0.6) is 0 Å². The summed E-state index contributed by atoms with van der Waals surface area (Å²) in [5.74, 6) is 0. The summed E-state index contributed by atoms with van der Waals surface area (Å²) in [6.07, 6.45) is 4.84. The van der Waals surface area contributed by atoms with Crippen molar-refractivity contribution in [3.05, 3.63) is 0 Å². The maximum atomic E-state index is 6.23. The molecule has 3 rings (SSSR count). The molecule has 0 aromatic rings. The lowest BCUT2D eigenvalue weighted by Gasteiger charge is -2.50. The van der Waals surface area contributed by atoms with E-state index in [4.69, 9.17) is 9.47 Å². The van der Waals surface area contributed by atoms with E-state index in [2.05, 4.69) is 23.8 Å². The fourth-order valence-electron chi connectivity index (χ4n) is 3.89. The van der Waals surface area contributed by atoms with Gasteiger partial charge in [0.1, 0.15) is 0 Å². The van der Waals surface area contributed by atoms with E-state index in [1.807, 2.05) is 0 Å². The van der Waals surface area contributed by atoms with Crippen molar-refractivity contribution in [2.45, 2.75) is 50.3 Å². The Bertz CT molecular complexity index is 299. The molecule has 3 aliphatic heterocycles. The van der Waals surface area contributed by atoms with E-state index in [0.717, 1.165) is 26.4 Å². The van der Waals surface area contributed by atoms with E-state index in [1.165, 1.54) is 38.8 Å². The SMILES string of the molecule is CCN(C1COC1)C1CCOC2(CCN(C)CC2)C1. The Kier molecular flexibility index (Phi) is 4.13. The highest BCUT2D eigenvalue weighted by molar-refractivity contribution is 4.96. The van der Waals surface area contributed by atoms with Gasteiger partial charge in [-0.05, 0) is 39.3 Å². The molecular weight excluding hydrogens is 240 g/mol. The highest BCUT2D eigenvalue weighted by Gasteiger charge is 2.42. The van der Waals surface area contributed by atoms with Gasteiger partial charge in [-0.2, -0.15) is 0 Å². The molecule has 0 radical (unpaired) electrons. The van der Waals surface area contributed by atoms with Gasteiger partial charge in [-0.25, -0.2) is 0 Å². The number of hydrogen-bond acceptors (Lipinski definition) is 4. The van der Waals surface area contributed by atoms with E-state index in [0.29, 0.717) is 12.1 Å². The Morgan fingerprint density at radius 1 is 1.21 bits per heavy atom. The van der Waals surface area contributed by atoms with Gasteiger partial charge in [0.05, 0.1) is 24.9 Å². The van der Waals surface area contributed by atoms with Crippen molar-refractivity contribution < 1.29 is 9.47 Å². The molecule has 3 aliphatic rings. The zero-order valence-electron chi connectivity index (χ0n) is 12.4. The molecule has 4 heteroatoms. The van der Waals surface area contributed by atoms with Gasteiger partial charge < -0.3 is 14.4 Å². The lowest BCUT2D eigenvalue weighted by atomic mass is 9.81. The fraction of sp³-hybridized carbons (Fsp3) is 1.00. The molecule has 110 valence electrons. The van der Waals surface area contributed by atoms with E-state index in [-0.39, 0.29) is 5.60 Å². The number of rotatable bonds is 3. The summed E-state index contributed by atoms with van der Waals surface area (Å²) in [6, 6.07) is 1.37. The molecule has 3 saturated heterocycles. The lowest BCUT2D eigenvalue weighted by molar-refractivity contribution is -0.152. The maximum absolute atomic E-state index is 6.23. The number of ether oxygens (including phenoxy) is 2. The smallest absolute Gasteiger partial charge is 0.0721 e. The highest BCUT2D eigenvalue weighted by atomic mass is 16.5. The first-order chi connectivity index (χ1) is 9.22. The van der Waals surface area contributed by atoms with Gasteiger partial charge in [0.15, 0.2) is 0 Å². The molecule has 0 N–H and O–H groups in total. The molecule has 0 aromatic carbocycles. The molecule has 1 atom stereocenters. The molecule has 1 unspecified atom stereocenters. The normalized spacial score (nSPS) is 32.7. The van der Waals surface area contributed by atoms with Crippen LogP contribution in [0.4, 0.5) is 0 Å². The highest BCUT2D eigenvalue weighted by Crippen LogP contribution is 2.37. The van der Waals surface area contributed by atoms with E-state index < -0.39 is 0 Å². The van der Waals surface area contributed by atoms with Gasteiger partial charge in [0, 0.05) is 25.7 Å². The van der Waals surface area contributed by atoms with E-state index in [1.54, 1.807) is 0 Å². The Balaban J connectivity index is 1.63. The zero-order valence-corrected chi connectivity index (χ0v) is 12.4. The summed E-state index contributed by atoms with van der Waals surface area (Å²) in [7, 11) is 2.22. The van der Waals surface area contributed by atoms with Crippen LogP contribution in [0, 0.1) is 0 Å². The number of likely N-dealkylation sites (N-methyl/N-ethyl adjacent to an activating group) is 1. The molecule has 0 amide bonds. The summed E-state index contributed by atoms with van der Waals surface area (Å²) < 4.78 is 11.6. The van der Waals surface area contributed by atoms with Gasteiger partial charge in [0.2, 0.25) is 0 Å². The second-order valence-electron chi connectivity index (χ2n) is 6.50. The molecule has 3 heterocycles. The van der Waals surface area contributed by atoms with Crippen LogP contribution in [0.15, 0.2) is 0 Å². The van der Waals surface area contributed by atoms with Gasteiger partial charge >= 0.3 is 0 Å². The van der Waals surface area contributed by atoms with Crippen LogP contribution in [-0.2, 0) is 9.47 Å². The molecule has 0 bridgehead atoms. The standard InChI is InChI=1S/C15H28N2O2/c1-3-17(14-11-18-12-14)13-4-9-19-15(10-13)5-7-16(2)8-6-15/h13-14H,3-12H2,1-2H3. The maximum Gasteiger partial charge on any atom is 0.0721 e. The van der Waals surface area contributed by atoms with Gasteiger partial charge in [-0.15, -0.1) is 0 Å². The van der Waals surface area contributed by atoms with Gasteiger partial charge in [0.25, 0.3) is 0 Å². The van der Waals surface area contributed by atoms with Crippen LogP contribution in [0.3, 0.4) is 0 Å². The zero-order chi connectivity index (χ0) is 13.3. The van der Waals surface area contributed by atoms with Crippen LogP contribution in [0.25, 0.3) is 0 Å². The molecule has 3 fully saturated rings. The Morgan fingerprint density at radius 3 is 2.53 bits per heavy atom. The Labute approximate surface area is 117 Å². The third-order valence-corrected chi connectivity index (χ3v) is 5.29. The van der Waals surface area contributed by atoms with Gasteiger partial charge in [-0.1, -0.05) is 6.92 Å². The molecule has 0 aromatic heterocycles. The first-order valence-corrected chi connectivity index (χ1v) is 7.88. The largest absolute Gasteiger partial charge is 0.378 e. The second-order valence-corrected chi connectivity index (χ2v) is 6.50. The lowest BCUT2D eigenvalue weighted by Crippen LogP contribution is -2.58. The van der Waals surface area contributed by atoms with Crippen molar-refractivity contribution in [3.8, 4) is 0 Å². The minimum Gasteiger partial charge on any atom is -0.378 e. The quantitative estimate of drug-likeness (QED) is 0.771. The van der Waals surface area contributed by atoms with Crippen molar-refractivity contribution in [3.63, 3.8) is 0 Å². The topological polar surface area (TPSA) is 24.9 Å². The predicted molar refractivity (Wildman–Crippen MR) is 75.4 cm³/mol. The Hall–Kier alpha value is -0.160. The third kappa shape index (κ3) is 2.82. The van der Waals surface area contributed by atoms with Crippen molar-refractivity contribution >= 4 is 0 Å². The molecule has 4 nitrogen and oxygen atoms in total.